The van der Waals surface area contributed by atoms with Gasteiger partial charge >= 0.3 is 0 Å². The van der Waals surface area contributed by atoms with Crippen LogP contribution >= 0.6 is 0 Å². The van der Waals surface area contributed by atoms with Crippen molar-refractivity contribution in [3.63, 3.8) is 0 Å². The summed E-state index contributed by atoms with van der Waals surface area (Å²) >= 11 is 0. The second-order valence-electron chi connectivity index (χ2n) is 7.18. The first-order valence-electron chi connectivity index (χ1n) is 9.49. The summed E-state index contributed by atoms with van der Waals surface area (Å²) in [6.45, 7) is 8.89. The Bertz CT molecular complexity index is 1020. The Hall–Kier alpha value is -3.28. The van der Waals surface area contributed by atoms with Crippen molar-refractivity contribution in [1.82, 2.24) is 24.6 Å². The lowest BCUT2D eigenvalue weighted by Gasteiger charge is -2.28. The Morgan fingerprint density at radius 1 is 1.18 bits per heavy atom. The summed E-state index contributed by atoms with van der Waals surface area (Å²) in [6.07, 6.45) is 4.04. The highest BCUT2D eigenvalue weighted by atomic mass is 16.2. The van der Waals surface area contributed by atoms with Gasteiger partial charge in [-0.15, -0.1) is 0 Å². The van der Waals surface area contributed by atoms with E-state index < -0.39 is 0 Å². The number of carbonyl (C=O) groups is 1. The van der Waals surface area contributed by atoms with E-state index >= 15 is 0 Å². The molecule has 3 heterocycles. The van der Waals surface area contributed by atoms with Crippen molar-refractivity contribution in [3.8, 4) is 22.8 Å². The van der Waals surface area contributed by atoms with Crippen molar-refractivity contribution in [2.75, 3.05) is 6.54 Å². The molecule has 6 heteroatoms. The Morgan fingerprint density at radius 2 is 1.96 bits per heavy atom. The second-order valence-corrected chi connectivity index (χ2v) is 7.18. The van der Waals surface area contributed by atoms with Gasteiger partial charge in [-0.05, 0) is 32.4 Å². The van der Waals surface area contributed by atoms with Crippen LogP contribution in [0.4, 0.5) is 0 Å². The van der Waals surface area contributed by atoms with E-state index in [1.807, 2.05) is 47.3 Å². The SMILES string of the molecule is C=CC(=O)N1CCc2c(nc(-c3ccccc3)nc2-c2ccn(C(C)C)n2)C1. The lowest BCUT2D eigenvalue weighted by atomic mass is 10.0. The maximum atomic E-state index is 12.1. The first-order valence-corrected chi connectivity index (χ1v) is 9.49. The molecule has 1 aliphatic heterocycles. The summed E-state index contributed by atoms with van der Waals surface area (Å²) in [6, 6.07) is 12.2. The molecule has 0 spiro atoms. The maximum Gasteiger partial charge on any atom is 0.246 e. The number of hydrogen-bond donors (Lipinski definition) is 0. The molecule has 4 rings (SSSR count). The molecule has 0 bridgehead atoms. The minimum atomic E-state index is -0.0730. The van der Waals surface area contributed by atoms with Crippen molar-refractivity contribution < 1.29 is 4.79 Å². The highest BCUT2D eigenvalue weighted by Gasteiger charge is 2.26. The van der Waals surface area contributed by atoms with E-state index in [1.54, 1.807) is 4.90 Å². The van der Waals surface area contributed by atoms with Gasteiger partial charge in [0.25, 0.3) is 0 Å². The molecule has 0 saturated heterocycles. The Morgan fingerprint density at radius 3 is 2.64 bits per heavy atom. The van der Waals surface area contributed by atoms with Crippen LogP contribution in [-0.2, 0) is 17.8 Å². The number of nitrogens with zero attached hydrogens (tertiary/aromatic N) is 5. The standard InChI is InChI=1S/C22H23N5O/c1-4-20(28)26-12-10-17-19(14-26)23-22(16-8-6-5-7-9-16)24-21(17)18-11-13-27(25-18)15(2)3/h4-9,11,13,15H,1,10,12,14H2,2-3H3. The summed E-state index contributed by atoms with van der Waals surface area (Å²) in [5, 5.41) is 4.72. The zero-order valence-electron chi connectivity index (χ0n) is 16.2. The summed E-state index contributed by atoms with van der Waals surface area (Å²) in [4.78, 5) is 23.6. The number of amides is 1. The molecular weight excluding hydrogens is 350 g/mol. The molecule has 0 fully saturated rings. The van der Waals surface area contributed by atoms with E-state index in [2.05, 4.69) is 20.4 Å². The maximum absolute atomic E-state index is 12.1. The number of carbonyl (C=O) groups excluding carboxylic acids is 1. The summed E-state index contributed by atoms with van der Waals surface area (Å²) in [5.74, 6) is 0.581. The van der Waals surface area contributed by atoms with E-state index in [0.717, 1.165) is 28.2 Å². The van der Waals surface area contributed by atoms with Gasteiger partial charge in [-0.3, -0.25) is 9.48 Å². The molecule has 6 nitrogen and oxygen atoms in total. The smallest absolute Gasteiger partial charge is 0.246 e. The van der Waals surface area contributed by atoms with Crippen molar-refractivity contribution in [2.45, 2.75) is 32.9 Å². The molecule has 1 amide bonds. The monoisotopic (exact) mass is 373 g/mol. The quantitative estimate of drug-likeness (QED) is 0.655. The molecule has 142 valence electrons. The van der Waals surface area contributed by atoms with Gasteiger partial charge in [0, 0.05) is 29.9 Å². The Labute approximate surface area is 164 Å². The molecule has 0 radical (unpaired) electrons. The van der Waals surface area contributed by atoms with E-state index in [0.29, 0.717) is 25.3 Å². The van der Waals surface area contributed by atoms with Gasteiger partial charge in [-0.2, -0.15) is 5.10 Å². The summed E-state index contributed by atoms with van der Waals surface area (Å²) in [7, 11) is 0. The van der Waals surface area contributed by atoms with Crippen LogP contribution in [0.2, 0.25) is 0 Å². The molecule has 1 aliphatic rings. The van der Waals surface area contributed by atoms with Crippen molar-refractivity contribution in [1.29, 1.82) is 0 Å². The number of rotatable bonds is 4. The van der Waals surface area contributed by atoms with Crippen LogP contribution in [-0.4, -0.2) is 37.1 Å². The van der Waals surface area contributed by atoms with Crippen LogP contribution in [0.3, 0.4) is 0 Å². The Kier molecular flexibility index (Phi) is 4.77. The second kappa shape index (κ2) is 7.38. The molecule has 0 aliphatic carbocycles. The number of aromatic nitrogens is 4. The molecule has 3 aromatic rings. The van der Waals surface area contributed by atoms with Gasteiger partial charge in [0.05, 0.1) is 17.9 Å². The summed E-state index contributed by atoms with van der Waals surface area (Å²) < 4.78 is 1.93. The van der Waals surface area contributed by atoms with Gasteiger partial charge in [-0.1, -0.05) is 36.9 Å². The van der Waals surface area contributed by atoms with Crippen LogP contribution in [0.5, 0.6) is 0 Å². The van der Waals surface area contributed by atoms with Gasteiger partial charge < -0.3 is 4.90 Å². The lowest BCUT2D eigenvalue weighted by Crippen LogP contribution is -2.35. The van der Waals surface area contributed by atoms with E-state index in [1.165, 1.54) is 6.08 Å². The average Bonchev–Trinajstić information content (AvgIpc) is 3.23. The van der Waals surface area contributed by atoms with Gasteiger partial charge in [0.2, 0.25) is 5.91 Å². The number of benzene rings is 1. The molecule has 0 unspecified atom stereocenters. The molecule has 0 N–H and O–H groups in total. The van der Waals surface area contributed by atoms with Gasteiger partial charge in [0.1, 0.15) is 5.69 Å². The number of hydrogen-bond acceptors (Lipinski definition) is 4. The lowest BCUT2D eigenvalue weighted by molar-refractivity contribution is -0.126. The molecule has 1 aromatic carbocycles. The first-order chi connectivity index (χ1) is 13.6. The van der Waals surface area contributed by atoms with E-state index in [9.17, 15) is 4.79 Å². The van der Waals surface area contributed by atoms with Crippen LogP contribution in [0.1, 0.15) is 31.1 Å². The predicted molar refractivity (Wildman–Crippen MR) is 108 cm³/mol. The van der Waals surface area contributed by atoms with Crippen molar-refractivity contribution in [2.24, 2.45) is 0 Å². The minimum Gasteiger partial charge on any atom is -0.333 e. The molecule has 2 aromatic heterocycles. The van der Waals surface area contributed by atoms with Gasteiger partial charge in [0.15, 0.2) is 5.82 Å². The fourth-order valence-corrected chi connectivity index (χ4v) is 3.43. The zero-order valence-corrected chi connectivity index (χ0v) is 16.2. The molecule has 0 saturated carbocycles. The molecule has 28 heavy (non-hydrogen) atoms. The first kappa shape index (κ1) is 18.1. The topological polar surface area (TPSA) is 63.9 Å². The fraction of sp³-hybridized carbons (Fsp3) is 0.273. The highest BCUT2D eigenvalue weighted by Crippen LogP contribution is 2.30. The third-order valence-electron chi connectivity index (χ3n) is 4.96. The van der Waals surface area contributed by atoms with Crippen LogP contribution in [0, 0.1) is 0 Å². The van der Waals surface area contributed by atoms with Crippen molar-refractivity contribution in [3.05, 3.63) is 66.5 Å². The zero-order chi connectivity index (χ0) is 19.7. The fourth-order valence-electron chi connectivity index (χ4n) is 3.43. The van der Waals surface area contributed by atoms with Crippen LogP contribution < -0.4 is 0 Å². The van der Waals surface area contributed by atoms with E-state index in [4.69, 9.17) is 15.1 Å². The van der Waals surface area contributed by atoms with E-state index in [-0.39, 0.29) is 11.9 Å². The summed E-state index contributed by atoms with van der Waals surface area (Å²) in [5.41, 5.74) is 4.59. The Balaban J connectivity index is 1.85. The third-order valence-corrected chi connectivity index (χ3v) is 4.96. The average molecular weight is 373 g/mol. The molecule has 0 atom stereocenters. The van der Waals surface area contributed by atoms with Gasteiger partial charge in [-0.25, -0.2) is 9.97 Å². The normalized spacial score (nSPS) is 13.5. The van der Waals surface area contributed by atoms with Crippen LogP contribution in [0.15, 0.2) is 55.3 Å². The largest absolute Gasteiger partial charge is 0.333 e. The third kappa shape index (κ3) is 3.33. The molecular formula is C22H23N5O. The highest BCUT2D eigenvalue weighted by molar-refractivity contribution is 5.87. The predicted octanol–water partition coefficient (Wildman–Crippen LogP) is 3.66. The van der Waals surface area contributed by atoms with Crippen LogP contribution in [0.25, 0.3) is 22.8 Å². The van der Waals surface area contributed by atoms with Crippen molar-refractivity contribution >= 4 is 5.91 Å². The minimum absolute atomic E-state index is 0.0730. The number of fused-ring (bicyclic) bond motifs is 1.